The fraction of sp³-hybridized carbons (Fsp3) is 1.00. The van der Waals surface area contributed by atoms with Crippen LogP contribution in [-0.2, 0) is 0 Å². The van der Waals surface area contributed by atoms with E-state index in [-0.39, 0.29) is 0 Å². The SMILES string of the molecule is CC(C)C1CCC(C)(C(C)C)C(C(C)C)N(C(C)C)C1C. The molecule has 0 aromatic heterocycles. The molecule has 4 unspecified atom stereocenters. The lowest BCUT2D eigenvalue weighted by molar-refractivity contribution is -0.0273. The van der Waals surface area contributed by atoms with Gasteiger partial charge in [-0.2, -0.15) is 0 Å². The smallest absolute Gasteiger partial charge is 0.0180 e. The van der Waals surface area contributed by atoms with Crippen molar-refractivity contribution in [2.75, 3.05) is 0 Å². The number of nitrogens with zero attached hydrogens (tertiary/aromatic N) is 1. The Morgan fingerprint density at radius 3 is 1.76 bits per heavy atom. The summed E-state index contributed by atoms with van der Waals surface area (Å²) in [6.07, 6.45) is 2.77. The van der Waals surface area contributed by atoms with E-state index in [1.807, 2.05) is 0 Å². The van der Waals surface area contributed by atoms with Crippen LogP contribution in [0.3, 0.4) is 0 Å². The lowest BCUT2D eigenvalue weighted by atomic mass is 9.66. The minimum absolute atomic E-state index is 0.427. The van der Waals surface area contributed by atoms with Crippen molar-refractivity contribution in [2.24, 2.45) is 29.1 Å². The molecule has 1 heteroatoms. The van der Waals surface area contributed by atoms with Gasteiger partial charge in [-0.25, -0.2) is 0 Å². The molecule has 0 saturated carbocycles. The van der Waals surface area contributed by atoms with Gasteiger partial charge < -0.3 is 0 Å². The molecule has 1 aliphatic rings. The third kappa shape index (κ3) is 3.66. The van der Waals surface area contributed by atoms with Gasteiger partial charge in [-0.3, -0.25) is 4.90 Å². The molecular formula is C20H41N. The molecule has 0 aromatic carbocycles. The second-order valence-corrected chi connectivity index (χ2v) is 9.08. The number of likely N-dealkylation sites (tertiary alicyclic amines) is 1. The first-order chi connectivity index (χ1) is 9.54. The van der Waals surface area contributed by atoms with Gasteiger partial charge in [0.1, 0.15) is 0 Å². The number of rotatable bonds is 4. The van der Waals surface area contributed by atoms with Crippen molar-refractivity contribution in [1.29, 1.82) is 0 Å². The van der Waals surface area contributed by atoms with Crippen molar-refractivity contribution in [3.05, 3.63) is 0 Å². The quantitative estimate of drug-likeness (QED) is 0.630. The van der Waals surface area contributed by atoms with Crippen molar-refractivity contribution < 1.29 is 0 Å². The Morgan fingerprint density at radius 1 is 0.905 bits per heavy atom. The highest BCUT2D eigenvalue weighted by atomic mass is 15.2. The first-order valence-corrected chi connectivity index (χ1v) is 9.31. The van der Waals surface area contributed by atoms with E-state index >= 15 is 0 Å². The van der Waals surface area contributed by atoms with Gasteiger partial charge in [0.05, 0.1) is 0 Å². The maximum Gasteiger partial charge on any atom is 0.0180 e. The second-order valence-electron chi connectivity index (χ2n) is 9.08. The summed E-state index contributed by atoms with van der Waals surface area (Å²) in [7, 11) is 0. The molecule has 0 amide bonds. The van der Waals surface area contributed by atoms with Crippen molar-refractivity contribution in [3.8, 4) is 0 Å². The summed E-state index contributed by atoms with van der Waals surface area (Å²) in [4.78, 5) is 2.88. The fourth-order valence-corrected chi connectivity index (χ4v) is 5.10. The van der Waals surface area contributed by atoms with Crippen LogP contribution in [0.1, 0.15) is 82.1 Å². The van der Waals surface area contributed by atoms with Crippen molar-refractivity contribution >= 4 is 0 Å². The third-order valence-corrected chi connectivity index (χ3v) is 6.51. The van der Waals surface area contributed by atoms with Crippen molar-refractivity contribution in [2.45, 2.75) is 100 Å². The van der Waals surface area contributed by atoms with Crippen LogP contribution in [0.2, 0.25) is 0 Å². The highest BCUT2D eigenvalue weighted by molar-refractivity contribution is 5.00. The van der Waals surface area contributed by atoms with E-state index in [2.05, 4.69) is 74.1 Å². The van der Waals surface area contributed by atoms with Crippen LogP contribution in [0, 0.1) is 29.1 Å². The Hall–Kier alpha value is -0.0400. The van der Waals surface area contributed by atoms with E-state index in [0.29, 0.717) is 29.5 Å². The zero-order chi connectivity index (χ0) is 16.5. The van der Waals surface area contributed by atoms with Gasteiger partial charge in [0, 0.05) is 18.1 Å². The average Bonchev–Trinajstić information content (AvgIpc) is 2.44. The molecule has 126 valence electrons. The minimum atomic E-state index is 0.427. The van der Waals surface area contributed by atoms with Gasteiger partial charge in [0.15, 0.2) is 0 Å². The topological polar surface area (TPSA) is 3.24 Å². The van der Waals surface area contributed by atoms with E-state index in [0.717, 1.165) is 17.8 Å². The Balaban J connectivity index is 3.34. The normalized spacial score (nSPS) is 36.0. The van der Waals surface area contributed by atoms with Crippen LogP contribution >= 0.6 is 0 Å². The Morgan fingerprint density at radius 2 is 1.43 bits per heavy atom. The molecule has 21 heavy (non-hydrogen) atoms. The molecule has 1 rings (SSSR count). The van der Waals surface area contributed by atoms with E-state index in [4.69, 9.17) is 0 Å². The van der Waals surface area contributed by atoms with Crippen molar-refractivity contribution in [3.63, 3.8) is 0 Å². The molecular weight excluding hydrogens is 254 g/mol. The Kier molecular flexibility index (Phi) is 6.36. The summed E-state index contributed by atoms with van der Waals surface area (Å²) in [5, 5.41) is 0. The highest BCUT2D eigenvalue weighted by Gasteiger charge is 2.48. The molecule has 1 fully saturated rings. The standard InChI is InChI=1S/C20H41N/c1-13(2)18-11-12-20(10,15(5)6)19(14(3)4)21(16(7)8)17(18)9/h13-19H,11-12H2,1-10H3. The first kappa shape index (κ1) is 19.0. The lowest BCUT2D eigenvalue weighted by Crippen LogP contribution is -2.57. The van der Waals surface area contributed by atoms with Crippen LogP contribution < -0.4 is 0 Å². The van der Waals surface area contributed by atoms with Crippen LogP contribution in [0.25, 0.3) is 0 Å². The largest absolute Gasteiger partial charge is 0.294 e. The Bertz CT molecular complexity index is 318. The van der Waals surface area contributed by atoms with Gasteiger partial charge in [0.25, 0.3) is 0 Å². The maximum atomic E-state index is 2.88. The van der Waals surface area contributed by atoms with Gasteiger partial charge >= 0.3 is 0 Å². The van der Waals surface area contributed by atoms with Gasteiger partial charge in [-0.05, 0) is 62.7 Å². The molecule has 4 atom stereocenters. The molecule has 1 heterocycles. The molecule has 0 bridgehead atoms. The molecule has 0 spiro atoms. The molecule has 0 aliphatic carbocycles. The molecule has 0 N–H and O–H groups in total. The summed E-state index contributed by atoms with van der Waals surface area (Å²) in [6, 6.07) is 2.01. The van der Waals surface area contributed by atoms with Crippen LogP contribution in [0.15, 0.2) is 0 Å². The number of hydrogen-bond acceptors (Lipinski definition) is 1. The summed E-state index contributed by atoms with van der Waals surface area (Å²) >= 11 is 0. The van der Waals surface area contributed by atoms with E-state index in [1.165, 1.54) is 12.8 Å². The summed E-state index contributed by atoms with van der Waals surface area (Å²) in [6.45, 7) is 24.4. The molecule has 1 nitrogen and oxygen atoms in total. The molecule has 1 saturated heterocycles. The Labute approximate surface area is 134 Å². The van der Waals surface area contributed by atoms with E-state index in [1.54, 1.807) is 0 Å². The first-order valence-electron chi connectivity index (χ1n) is 9.31. The second kappa shape index (κ2) is 7.02. The van der Waals surface area contributed by atoms with E-state index < -0.39 is 0 Å². The highest BCUT2D eigenvalue weighted by Crippen LogP contribution is 2.48. The number of hydrogen-bond donors (Lipinski definition) is 0. The lowest BCUT2D eigenvalue weighted by Gasteiger charge is -2.51. The van der Waals surface area contributed by atoms with Crippen LogP contribution in [0.5, 0.6) is 0 Å². The summed E-state index contributed by atoms with van der Waals surface area (Å²) in [5.74, 6) is 3.07. The van der Waals surface area contributed by atoms with Gasteiger partial charge in [0.2, 0.25) is 0 Å². The average molecular weight is 296 g/mol. The van der Waals surface area contributed by atoms with Gasteiger partial charge in [-0.15, -0.1) is 0 Å². The minimum Gasteiger partial charge on any atom is -0.294 e. The van der Waals surface area contributed by atoms with Crippen molar-refractivity contribution in [1.82, 2.24) is 4.90 Å². The van der Waals surface area contributed by atoms with E-state index in [9.17, 15) is 0 Å². The fourth-order valence-electron chi connectivity index (χ4n) is 5.10. The molecule has 1 aliphatic heterocycles. The molecule has 0 radical (unpaired) electrons. The predicted molar refractivity (Wildman–Crippen MR) is 95.6 cm³/mol. The zero-order valence-corrected chi connectivity index (χ0v) is 16.4. The monoisotopic (exact) mass is 295 g/mol. The molecule has 0 aromatic rings. The maximum absolute atomic E-state index is 2.88. The summed E-state index contributed by atoms with van der Waals surface area (Å²) < 4.78 is 0. The zero-order valence-electron chi connectivity index (χ0n) is 16.4. The van der Waals surface area contributed by atoms with Crippen LogP contribution in [-0.4, -0.2) is 23.0 Å². The summed E-state index contributed by atoms with van der Waals surface area (Å²) in [5.41, 5.74) is 0.427. The predicted octanol–water partition coefficient (Wildman–Crippen LogP) is 5.84. The van der Waals surface area contributed by atoms with Gasteiger partial charge in [-0.1, -0.05) is 48.5 Å². The van der Waals surface area contributed by atoms with Crippen LogP contribution in [0.4, 0.5) is 0 Å². The third-order valence-electron chi connectivity index (χ3n) is 6.51.